The minimum Gasteiger partial charge on any atom is -0.309 e. The maximum Gasteiger partial charge on any atom is 0.0252 e. The Hall–Kier alpha value is -0.0800. The molecule has 3 aliphatic carbocycles. The maximum atomic E-state index is 3.78. The molecule has 2 bridgehead atoms. The van der Waals surface area contributed by atoms with Crippen molar-refractivity contribution >= 4 is 0 Å². The fourth-order valence-electron chi connectivity index (χ4n) is 5.24. The van der Waals surface area contributed by atoms with E-state index in [1.165, 1.54) is 32.5 Å². The second-order valence-corrected chi connectivity index (χ2v) is 8.53. The van der Waals surface area contributed by atoms with E-state index >= 15 is 0 Å². The molecular weight excluding hydrogens is 232 g/mol. The largest absolute Gasteiger partial charge is 0.309 e. The molecule has 1 saturated heterocycles. The molecule has 4 fully saturated rings. The van der Waals surface area contributed by atoms with Crippen LogP contribution in [0, 0.1) is 23.7 Å². The van der Waals surface area contributed by atoms with Crippen molar-refractivity contribution < 1.29 is 0 Å². The van der Waals surface area contributed by atoms with Crippen LogP contribution in [0.1, 0.15) is 52.4 Å². The first-order valence-electron chi connectivity index (χ1n) is 8.60. The fraction of sp³-hybridized carbons (Fsp3) is 1.00. The van der Waals surface area contributed by atoms with Gasteiger partial charge in [-0.1, -0.05) is 6.42 Å². The lowest BCUT2D eigenvalue weighted by molar-refractivity contribution is 0.0578. The summed E-state index contributed by atoms with van der Waals surface area (Å²) < 4.78 is 0. The Balaban J connectivity index is 1.44. The zero-order valence-electron chi connectivity index (χ0n) is 12.7. The number of fused-ring (bicyclic) bond motifs is 2. The van der Waals surface area contributed by atoms with Crippen LogP contribution in [-0.2, 0) is 0 Å². The van der Waals surface area contributed by atoms with Gasteiger partial charge in [-0.2, -0.15) is 0 Å². The lowest BCUT2D eigenvalue weighted by Gasteiger charge is -2.46. The molecule has 2 nitrogen and oxygen atoms in total. The predicted molar refractivity (Wildman–Crippen MR) is 79.1 cm³/mol. The Bertz CT molecular complexity index is 347. The van der Waals surface area contributed by atoms with E-state index in [2.05, 4.69) is 24.1 Å². The van der Waals surface area contributed by atoms with Gasteiger partial charge >= 0.3 is 0 Å². The summed E-state index contributed by atoms with van der Waals surface area (Å²) in [4.78, 5) is 2.89. The predicted octanol–water partition coefficient (Wildman–Crippen LogP) is 2.89. The molecule has 1 N–H and O–H groups in total. The quantitative estimate of drug-likeness (QED) is 0.841. The molecule has 1 heterocycles. The first-order valence-corrected chi connectivity index (χ1v) is 8.60. The van der Waals surface area contributed by atoms with Gasteiger partial charge in [-0.3, -0.25) is 4.90 Å². The van der Waals surface area contributed by atoms with Gasteiger partial charge in [0.05, 0.1) is 0 Å². The monoisotopic (exact) mass is 262 g/mol. The van der Waals surface area contributed by atoms with Crippen LogP contribution < -0.4 is 5.32 Å². The Labute approximate surface area is 118 Å². The minimum atomic E-state index is 0.322. The second-order valence-electron chi connectivity index (χ2n) is 8.53. The molecule has 0 radical (unpaired) electrons. The van der Waals surface area contributed by atoms with E-state index in [-0.39, 0.29) is 0 Å². The third kappa shape index (κ3) is 2.47. The van der Waals surface area contributed by atoms with E-state index in [4.69, 9.17) is 0 Å². The number of hydrogen-bond donors (Lipinski definition) is 1. The first kappa shape index (κ1) is 12.6. The van der Waals surface area contributed by atoms with Crippen molar-refractivity contribution in [2.45, 2.75) is 64.0 Å². The topological polar surface area (TPSA) is 15.3 Å². The Morgan fingerprint density at radius 1 is 1.05 bits per heavy atom. The van der Waals surface area contributed by atoms with Gasteiger partial charge in [-0.25, -0.2) is 0 Å². The van der Waals surface area contributed by atoms with Crippen molar-refractivity contribution in [3.05, 3.63) is 0 Å². The molecule has 0 aromatic carbocycles. The van der Waals surface area contributed by atoms with Crippen LogP contribution >= 0.6 is 0 Å². The molecule has 1 aliphatic heterocycles. The van der Waals surface area contributed by atoms with Gasteiger partial charge in [0, 0.05) is 31.2 Å². The number of hydrogen-bond acceptors (Lipinski definition) is 2. The smallest absolute Gasteiger partial charge is 0.0252 e. The molecule has 4 aliphatic rings. The van der Waals surface area contributed by atoms with Gasteiger partial charge in [0.15, 0.2) is 0 Å². The molecule has 0 aromatic rings. The second kappa shape index (κ2) is 4.46. The Morgan fingerprint density at radius 2 is 1.84 bits per heavy atom. The van der Waals surface area contributed by atoms with Crippen molar-refractivity contribution in [3.63, 3.8) is 0 Å². The zero-order valence-corrected chi connectivity index (χ0v) is 12.7. The van der Waals surface area contributed by atoms with Crippen molar-refractivity contribution in [2.24, 2.45) is 23.7 Å². The van der Waals surface area contributed by atoms with Crippen LogP contribution in [0.2, 0.25) is 0 Å². The molecule has 19 heavy (non-hydrogen) atoms. The third-order valence-electron chi connectivity index (χ3n) is 6.38. The minimum absolute atomic E-state index is 0.322. The summed E-state index contributed by atoms with van der Waals surface area (Å²) in [5.41, 5.74) is 0.322. The molecule has 4 unspecified atom stereocenters. The highest BCUT2D eigenvalue weighted by Crippen LogP contribution is 2.49. The highest BCUT2D eigenvalue weighted by molar-refractivity contribution is 5.00. The lowest BCUT2D eigenvalue weighted by atomic mass is 9.86. The summed E-state index contributed by atoms with van der Waals surface area (Å²) in [6.07, 6.45) is 9.17. The fourth-order valence-corrected chi connectivity index (χ4v) is 5.24. The number of rotatable bonds is 3. The number of nitrogens with zero attached hydrogens (tertiary/aromatic N) is 1. The van der Waals surface area contributed by atoms with E-state index < -0.39 is 0 Å². The number of piperazine rings is 1. The van der Waals surface area contributed by atoms with Gasteiger partial charge in [0.25, 0.3) is 0 Å². The van der Waals surface area contributed by atoms with Crippen molar-refractivity contribution in [2.75, 3.05) is 19.6 Å². The molecule has 0 amide bonds. The number of nitrogens with one attached hydrogen (secondary N) is 1. The molecule has 4 atom stereocenters. The standard InChI is InChI=1S/C17H30N2/c1-17(2)11-19(16(9-18-17)13-5-6-13)10-15-8-12-3-4-14(15)7-12/h12-16,18H,3-11H2,1-2H3. The SMILES string of the molecule is CC1(C)CN(CC2CC3CCC2C3)C(C2CC2)CN1. The van der Waals surface area contributed by atoms with Crippen LogP contribution in [-0.4, -0.2) is 36.1 Å². The Morgan fingerprint density at radius 3 is 2.47 bits per heavy atom. The van der Waals surface area contributed by atoms with Crippen LogP contribution in [0.3, 0.4) is 0 Å². The van der Waals surface area contributed by atoms with Crippen molar-refractivity contribution in [1.29, 1.82) is 0 Å². The van der Waals surface area contributed by atoms with Crippen molar-refractivity contribution in [1.82, 2.24) is 10.2 Å². The van der Waals surface area contributed by atoms with E-state index in [1.54, 1.807) is 25.7 Å². The van der Waals surface area contributed by atoms with Crippen molar-refractivity contribution in [3.8, 4) is 0 Å². The molecule has 0 spiro atoms. The van der Waals surface area contributed by atoms with Gasteiger partial charge in [-0.05, 0) is 69.6 Å². The molecule has 108 valence electrons. The van der Waals surface area contributed by atoms with Crippen LogP contribution in [0.4, 0.5) is 0 Å². The first-order chi connectivity index (χ1) is 9.11. The summed E-state index contributed by atoms with van der Waals surface area (Å²) in [5, 5.41) is 3.78. The summed E-state index contributed by atoms with van der Waals surface area (Å²) in [7, 11) is 0. The summed E-state index contributed by atoms with van der Waals surface area (Å²) in [6, 6.07) is 0.854. The maximum absolute atomic E-state index is 3.78. The van der Waals surface area contributed by atoms with Gasteiger partial charge < -0.3 is 5.32 Å². The Kier molecular flexibility index (Phi) is 2.97. The average Bonchev–Trinajstić information content (AvgIpc) is 2.97. The van der Waals surface area contributed by atoms with E-state index in [9.17, 15) is 0 Å². The summed E-state index contributed by atoms with van der Waals surface area (Å²) in [6.45, 7) is 8.67. The molecule has 2 heteroatoms. The van der Waals surface area contributed by atoms with Gasteiger partial charge in [-0.15, -0.1) is 0 Å². The third-order valence-corrected chi connectivity index (χ3v) is 6.38. The molecule has 0 aromatic heterocycles. The highest BCUT2D eigenvalue weighted by Gasteiger charge is 2.45. The lowest BCUT2D eigenvalue weighted by Crippen LogP contribution is -2.63. The highest BCUT2D eigenvalue weighted by atomic mass is 15.3. The summed E-state index contributed by atoms with van der Waals surface area (Å²) in [5.74, 6) is 4.24. The van der Waals surface area contributed by atoms with Gasteiger partial charge in [0.2, 0.25) is 0 Å². The summed E-state index contributed by atoms with van der Waals surface area (Å²) >= 11 is 0. The van der Waals surface area contributed by atoms with Crippen LogP contribution in [0.15, 0.2) is 0 Å². The zero-order chi connectivity index (χ0) is 13.0. The normalized spacial score (nSPS) is 45.8. The average molecular weight is 262 g/mol. The van der Waals surface area contributed by atoms with E-state index in [0.29, 0.717) is 5.54 Å². The molecule has 4 rings (SSSR count). The van der Waals surface area contributed by atoms with E-state index in [0.717, 1.165) is 29.7 Å². The van der Waals surface area contributed by atoms with E-state index in [1.807, 2.05) is 0 Å². The molecule has 3 saturated carbocycles. The van der Waals surface area contributed by atoms with Gasteiger partial charge in [0.1, 0.15) is 0 Å². The molecular formula is C17H30N2. The van der Waals surface area contributed by atoms with Crippen LogP contribution in [0.25, 0.3) is 0 Å². The van der Waals surface area contributed by atoms with Crippen LogP contribution in [0.5, 0.6) is 0 Å².